The van der Waals surface area contributed by atoms with Gasteiger partial charge in [-0.3, -0.25) is 0 Å². The second kappa shape index (κ2) is 6.78. The SMILES string of the molecule is CC(C)CCCCNc1ccc(C(F)(F)F)cc1F. The van der Waals surface area contributed by atoms with Crippen molar-refractivity contribution in [3.63, 3.8) is 0 Å². The number of unbranched alkanes of at least 4 members (excludes halogenated alkanes) is 1. The van der Waals surface area contributed by atoms with Crippen LogP contribution in [0.15, 0.2) is 18.2 Å². The fourth-order valence-electron chi connectivity index (χ4n) is 1.74. The summed E-state index contributed by atoms with van der Waals surface area (Å²) in [6.07, 6.45) is -1.51. The summed E-state index contributed by atoms with van der Waals surface area (Å²) < 4.78 is 50.5. The first kappa shape index (κ1) is 15.8. The number of nitrogens with one attached hydrogen (secondary N) is 1. The minimum Gasteiger partial charge on any atom is -0.383 e. The first-order valence-corrected chi connectivity index (χ1v) is 6.41. The van der Waals surface area contributed by atoms with Crippen molar-refractivity contribution < 1.29 is 17.6 Å². The smallest absolute Gasteiger partial charge is 0.383 e. The lowest BCUT2D eigenvalue weighted by atomic mass is 10.1. The zero-order chi connectivity index (χ0) is 14.5. The van der Waals surface area contributed by atoms with E-state index in [0.717, 1.165) is 31.4 Å². The Morgan fingerprint density at radius 1 is 1.16 bits per heavy atom. The van der Waals surface area contributed by atoms with E-state index < -0.39 is 17.6 Å². The van der Waals surface area contributed by atoms with Gasteiger partial charge in [0.2, 0.25) is 0 Å². The third-order valence-electron chi connectivity index (χ3n) is 2.82. The predicted octanol–water partition coefficient (Wildman–Crippen LogP) is 5.08. The van der Waals surface area contributed by atoms with Crippen LogP contribution in [0.1, 0.15) is 38.7 Å². The summed E-state index contributed by atoms with van der Waals surface area (Å²) >= 11 is 0. The number of anilines is 1. The van der Waals surface area contributed by atoms with Crippen LogP contribution in [-0.2, 0) is 6.18 Å². The molecule has 0 fully saturated rings. The van der Waals surface area contributed by atoms with Crippen molar-refractivity contribution in [2.24, 2.45) is 5.92 Å². The molecule has 1 N–H and O–H groups in total. The Balaban J connectivity index is 2.47. The Morgan fingerprint density at radius 3 is 2.37 bits per heavy atom. The summed E-state index contributed by atoms with van der Waals surface area (Å²) in [6, 6.07) is 2.55. The van der Waals surface area contributed by atoms with Gasteiger partial charge in [-0.25, -0.2) is 4.39 Å². The maximum absolute atomic E-state index is 13.5. The topological polar surface area (TPSA) is 12.0 Å². The summed E-state index contributed by atoms with van der Waals surface area (Å²) in [5, 5.41) is 2.82. The fraction of sp³-hybridized carbons (Fsp3) is 0.571. The van der Waals surface area contributed by atoms with Crippen molar-refractivity contribution in [1.82, 2.24) is 0 Å². The number of rotatable bonds is 6. The lowest BCUT2D eigenvalue weighted by Gasteiger charge is -2.11. The average Bonchev–Trinajstić information content (AvgIpc) is 2.28. The van der Waals surface area contributed by atoms with E-state index in [0.29, 0.717) is 18.5 Å². The zero-order valence-electron chi connectivity index (χ0n) is 11.1. The van der Waals surface area contributed by atoms with Gasteiger partial charge in [0.15, 0.2) is 0 Å². The van der Waals surface area contributed by atoms with Crippen molar-refractivity contribution in [3.8, 4) is 0 Å². The van der Waals surface area contributed by atoms with E-state index in [4.69, 9.17) is 0 Å². The second-order valence-electron chi connectivity index (χ2n) is 5.01. The van der Waals surface area contributed by atoms with E-state index in [9.17, 15) is 17.6 Å². The monoisotopic (exact) mass is 277 g/mol. The van der Waals surface area contributed by atoms with Crippen LogP contribution in [-0.4, -0.2) is 6.54 Å². The van der Waals surface area contributed by atoms with Crippen LogP contribution < -0.4 is 5.32 Å². The molecular weight excluding hydrogens is 258 g/mol. The Kier molecular flexibility index (Phi) is 5.63. The van der Waals surface area contributed by atoms with Crippen molar-refractivity contribution in [1.29, 1.82) is 0 Å². The number of hydrogen-bond acceptors (Lipinski definition) is 1. The highest BCUT2D eigenvalue weighted by molar-refractivity contribution is 5.46. The van der Waals surface area contributed by atoms with Gasteiger partial charge in [0.05, 0.1) is 11.3 Å². The van der Waals surface area contributed by atoms with E-state index >= 15 is 0 Å². The molecule has 0 bridgehead atoms. The molecule has 0 atom stereocenters. The van der Waals surface area contributed by atoms with Crippen molar-refractivity contribution in [2.75, 3.05) is 11.9 Å². The lowest BCUT2D eigenvalue weighted by Crippen LogP contribution is -2.08. The van der Waals surface area contributed by atoms with E-state index in [1.807, 2.05) is 0 Å². The molecule has 1 rings (SSSR count). The third-order valence-corrected chi connectivity index (χ3v) is 2.82. The summed E-state index contributed by atoms with van der Waals surface area (Å²) in [4.78, 5) is 0. The molecule has 1 nitrogen and oxygen atoms in total. The second-order valence-corrected chi connectivity index (χ2v) is 5.01. The molecular formula is C14H19F4N. The van der Waals surface area contributed by atoms with Crippen molar-refractivity contribution in [2.45, 2.75) is 39.3 Å². The highest BCUT2D eigenvalue weighted by Crippen LogP contribution is 2.31. The van der Waals surface area contributed by atoms with Gasteiger partial charge in [-0.15, -0.1) is 0 Å². The molecule has 0 amide bonds. The highest BCUT2D eigenvalue weighted by atomic mass is 19.4. The van der Waals surface area contributed by atoms with E-state index in [-0.39, 0.29) is 5.69 Å². The molecule has 1 aromatic rings. The number of hydrogen-bond donors (Lipinski definition) is 1. The Bertz CT molecular complexity index is 399. The van der Waals surface area contributed by atoms with Gasteiger partial charge in [0.1, 0.15) is 5.82 Å². The summed E-state index contributed by atoms with van der Waals surface area (Å²) in [7, 11) is 0. The molecule has 5 heteroatoms. The molecule has 0 aliphatic carbocycles. The molecule has 0 aliphatic rings. The first-order chi connectivity index (χ1) is 8.80. The molecule has 0 aromatic heterocycles. The molecule has 0 heterocycles. The van der Waals surface area contributed by atoms with Crippen LogP contribution in [0.4, 0.5) is 23.2 Å². The largest absolute Gasteiger partial charge is 0.416 e. The van der Waals surface area contributed by atoms with Crippen LogP contribution in [0.5, 0.6) is 0 Å². The van der Waals surface area contributed by atoms with E-state index in [2.05, 4.69) is 19.2 Å². The number of benzene rings is 1. The van der Waals surface area contributed by atoms with Crippen LogP contribution in [0.2, 0.25) is 0 Å². The molecule has 108 valence electrons. The Hall–Kier alpha value is -1.26. The standard InChI is InChI=1S/C14H19F4N/c1-10(2)5-3-4-8-19-13-7-6-11(9-12(13)15)14(16,17)18/h6-7,9-10,19H,3-5,8H2,1-2H3. The molecule has 0 saturated heterocycles. The minimum absolute atomic E-state index is 0.123. The maximum atomic E-state index is 13.5. The average molecular weight is 277 g/mol. The molecule has 0 unspecified atom stereocenters. The van der Waals surface area contributed by atoms with Crippen LogP contribution in [0.25, 0.3) is 0 Å². The van der Waals surface area contributed by atoms with Gasteiger partial charge in [-0.2, -0.15) is 13.2 Å². The molecule has 0 radical (unpaired) electrons. The van der Waals surface area contributed by atoms with E-state index in [1.165, 1.54) is 0 Å². The van der Waals surface area contributed by atoms with Gasteiger partial charge in [-0.05, 0) is 30.5 Å². The fourth-order valence-corrected chi connectivity index (χ4v) is 1.74. The van der Waals surface area contributed by atoms with Crippen molar-refractivity contribution >= 4 is 5.69 Å². The molecule has 0 spiro atoms. The van der Waals surface area contributed by atoms with Crippen LogP contribution in [0, 0.1) is 11.7 Å². The lowest BCUT2D eigenvalue weighted by molar-refractivity contribution is -0.137. The van der Waals surface area contributed by atoms with Crippen LogP contribution in [0.3, 0.4) is 0 Å². The van der Waals surface area contributed by atoms with Crippen LogP contribution >= 0.6 is 0 Å². The Morgan fingerprint density at radius 2 is 1.84 bits per heavy atom. The normalized spacial score (nSPS) is 11.9. The molecule has 1 aromatic carbocycles. The van der Waals surface area contributed by atoms with Gasteiger partial charge in [0, 0.05) is 6.54 Å². The number of halogens is 4. The summed E-state index contributed by atoms with van der Waals surface area (Å²) in [5.41, 5.74) is -0.840. The Labute approximate surface area is 111 Å². The first-order valence-electron chi connectivity index (χ1n) is 6.41. The van der Waals surface area contributed by atoms with Crippen molar-refractivity contribution in [3.05, 3.63) is 29.6 Å². The van der Waals surface area contributed by atoms with E-state index in [1.54, 1.807) is 0 Å². The van der Waals surface area contributed by atoms with Gasteiger partial charge in [-0.1, -0.05) is 26.7 Å². The maximum Gasteiger partial charge on any atom is 0.416 e. The van der Waals surface area contributed by atoms with Gasteiger partial charge < -0.3 is 5.32 Å². The molecule has 0 aliphatic heterocycles. The minimum atomic E-state index is -4.50. The number of alkyl halides is 3. The predicted molar refractivity (Wildman–Crippen MR) is 68.6 cm³/mol. The zero-order valence-corrected chi connectivity index (χ0v) is 11.1. The molecule has 19 heavy (non-hydrogen) atoms. The summed E-state index contributed by atoms with van der Waals surface area (Å²) in [5.74, 6) is -0.235. The van der Waals surface area contributed by atoms with Gasteiger partial charge in [0.25, 0.3) is 0 Å². The molecule has 0 saturated carbocycles. The quantitative estimate of drug-likeness (QED) is 0.564. The summed E-state index contributed by atoms with van der Waals surface area (Å²) in [6.45, 7) is 4.82. The third kappa shape index (κ3) is 5.49. The van der Waals surface area contributed by atoms with Gasteiger partial charge >= 0.3 is 6.18 Å². The highest BCUT2D eigenvalue weighted by Gasteiger charge is 2.31.